The molecule has 1 amide bonds. The number of likely N-dealkylation sites (tertiary alicyclic amines) is 1. The first-order valence-electron chi connectivity index (χ1n) is 8.54. The molecule has 0 saturated carbocycles. The minimum atomic E-state index is 0.216. The average molecular weight is 282 g/mol. The monoisotopic (exact) mass is 282 g/mol. The van der Waals surface area contributed by atoms with Crippen LogP contribution in [0.2, 0.25) is 0 Å². The zero-order chi connectivity index (χ0) is 15.0. The van der Waals surface area contributed by atoms with Gasteiger partial charge in [-0.3, -0.25) is 4.79 Å². The first-order valence-corrected chi connectivity index (χ1v) is 8.54. The number of carbonyl (C=O) groups excluding carboxylic acids is 1. The molecule has 1 N–H and O–H groups in total. The molecule has 0 spiro atoms. The third-order valence-electron chi connectivity index (χ3n) is 4.76. The molecule has 2 aliphatic rings. The number of nitrogens with one attached hydrogen (secondary N) is 1. The average Bonchev–Trinajstić information content (AvgIpc) is 2.48. The van der Waals surface area contributed by atoms with Gasteiger partial charge < -0.3 is 10.2 Å². The Hall–Kier alpha value is -0.570. The van der Waals surface area contributed by atoms with E-state index in [1.807, 2.05) is 11.8 Å². The van der Waals surface area contributed by atoms with Crippen molar-refractivity contribution in [1.29, 1.82) is 0 Å². The highest BCUT2D eigenvalue weighted by Crippen LogP contribution is 2.18. The van der Waals surface area contributed by atoms with Gasteiger partial charge in [0.25, 0.3) is 0 Å². The van der Waals surface area contributed by atoms with Crippen LogP contribution in [0.4, 0.5) is 0 Å². The molecule has 3 nitrogen and oxygen atoms in total. The SMILES string of the molecule is CC1CCNCC1.CC[C@@H](C)C(=O)N1CCC(C)CC1. The highest BCUT2D eigenvalue weighted by molar-refractivity contribution is 5.78. The van der Waals surface area contributed by atoms with Crippen LogP contribution in [0.3, 0.4) is 0 Å². The second kappa shape index (κ2) is 9.38. The van der Waals surface area contributed by atoms with Gasteiger partial charge in [-0.25, -0.2) is 0 Å². The minimum absolute atomic E-state index is 0.216. The molecule has 118 valence electrons. The van der Waals surface area contributed by atoms with Crippen molar-refractivity contribution in [2.75, 3.05) is 26.2 Å². The van der Waals surface area contributed by atoms with Crippen LogP contribution in [0.25, 0.3) is 0 Å². The van der Waals surface area contributed by atoms with Gasteiger partial charge in [0.2, 0.25) is 5.91 Å². The van der Waals surface area contributed by atoms with Crippen molar-refractivity contribution < 1.29 is 4.79 Å². The Bertz CT molecular complexity index is 266. The first kappa shape index (κ1) is 17.5. The summed E-state index contributed by atoms with van der Waals surface area (Å²) >= 11 is 0. The molecule has 0 radical (unpaired) electrons. The molecule has 0 aromatic heterocycles. The summed E-state index contributed by atoms with van der Waals surface area (Å²) in [5.41, 5.74) is 0. The van der Waals surface area contributed by atoms with E-state index >= 15 is 0 Å². The molecule has 2 saturated heterocycles. The quantitative estimate of drug-likeness (QED) is 0.843. The predicted molar refractivity (Wildman–Crippen MR) is 85.7 cm³/mol. The van der Waals surface area contributed by atoms with Gasteiger partial charge in [0, 0.05) is 19.0 Å². The second-order valence-corrected chi connectivity index (χ2v) is 6.75. The van der Waals surface area contributed by atoms with Crippen LogP contribution in [0.5, 0.6) is 0 Å². The minimum Gasteiger partial charge on any atom is -0.342 e. The van der Waals surface area contributed by atoms with E-state index in [4.69, 9.17) is 0 Å². The maximum Gasteiger partial charge on any atom is 0.225 e. The number of nitrogens with zero attached hydrogens (tertiary/aromatic N) is 1. The molecular formula is C17H34N2O. The molecular weight excluding hydrogens is 248 g/mol. The Morgan fingerprint density at radius 1 is 1.10 bits per heavy atom. The van der Waals surface area contributed by atoms with Crippen molar-refractivity contribution in [2.24, 2.45) is 17.8 Å². The second-order valence-electron chi connectivity index (χ2n) is 6.75. The molecule has 0 unspecified atom stereocenters. The number of amides is 1. The Morgan fingerprint density at radius 3 is 2.00 bits per heavy atom. The zero-order valence-electron chi connectivity index (χ0n) is 14.0. The zero-order valence-corrected chi connectivity index (χ0v) is 14.0. The van der Waals surface area contributed by atoms with Crippen LogP contribution in [0, 0.1) is 17.8 Å². The van der Waals surface area contributed by atoms with Gasteiger partial charge in [0.05, 0.1) is 0 Å². The van der Waals surface area contributed by atoms with Crippen LogP contribution >= 0.6 is 0 Å². The lowest BCUT2D eigenvalue weighted by Gasteiger charge is -2.32. The summed E-state index contributed by atoms with van der Waals surface area (Å²) in [7, 11) is 0. The maximum atomic E-state index is 11.8. The number of rotatable bonds is 2. The molecule has 0 aliphatic carbocycles. The van der Waals surface area contributed by atoms with Crippen molar-refractivity contribution in [3.63, 3.8) is 0 Å². The lowest BCUT2D eigenvalue weighted by molar-refractivity contribution is -0.136. The topological polar surface area (TPSA) is 32.3 Å². The number of piperidine rings is 2. The van der Waals surface area contributed by atoms with E-state index in [1.165, 1.54) is 38.8 Å². The van der Waals surface area contributed by atoms with Crippen molar-refractivity contribution in [1.82, 2.24) is 10.2 Å². The number of hydrogen-bond donors (Lipinski definition) is 1. The molecule has 0 bridgehead atoms. The van der Waals surface area contributed by atoms with E-state index in [-0.39, 0.29) is 5.92 Å². The summed E-state index contributed by atoms with van der Waals surface area (Å²) in [4.78, 5) is 13.8. The van der Waals surface area contributed by atoms with E-state index in [0.29, 0.717) is 5.91 Å². The normalized spacial score (nSPS) is 22.9. The fourth-order valence-electron chi connectivity index (χ4n) is 2.68. The molecule has 2 rings (SSSR count). The summed E-state index contributed by atoms with van der Waals surface area (Å²) in [5.74, 6) is 2.35. The van der Waals surface area contributed by atoms with Crippen molar-refractivity contribution in [3.8, 4) is 0 Å². The standard InChI is InChI=1S/C11H21NO.C6H13N/c1-4-10(3)11(13)12-7-5-9(2)6-8-12;1-6-2-4-7-5-3-6/h9-10H,4-8H2,1-3H3;6-7H,2-5H2,1H3/t10-;/m1./s1. The summed E-state index contributed by atoms with van der Waals surface area (Å²) in [6.45, 7) is 13.1. The first-order chi connectivity index (χ1) is 9.54. The molecule has 3 heteroatoms. The van der Waals surface area contributed by atoms with E-state index in [1.54, 1.807) is 0 Å². The Kier molecular flexibility index (Phi) is 8.20. The summed E-state index contributed by atoms with van der Waals surface area (Å²) in [5, 5.41) is 3.32. The maximum absolute atomic E-state index is 11.8. The third-order valence-corrected chi connectivity index (χ3v) is 4.76. The van der Waals surface area contributed by atoms with Gasteiger partial charge in [-0.15, -0.1) is 0 Å². The fourth-order valence-corrected chi connectivity index (χ4v) is 2.68. The Balaban J connectivity index is 0.000000240. The van der Waals surface area contributed by atoms with E-state index in [9.17, 15) is 4.79 Å². The van der Waals surface area contributed by atoms with E-state index < -0.39 is 0 Å². The highest BCUT2D eigenvalue weighted by atomic mass is 16.2. The van der Waals surface area contributed by atoms with Crippen LogP contribution in [0.15, 0.2) is 0 Å². The number of hydrogen-bond acceptors (Lipinski definition) is 2. The largest absolute Gasteiger partial charge is 0.342 e. The summed E-state index contributed by atoms with van der Waals surface area (Å²) < 4.78 is 0. The van der Waals surface area contributed by atoms with Gasteiger partial charge in [-0.1, -0.05) is 27.7 Å². The molecule has 20 heavy (non-hydrogen) atoms. The molecule has 2 heterocycles. The van der Waals surface area contributed by atoms with E-state index in [0.717, 1.165) is 31.3 Å². The molecule has 1 atom stereocenters. The lowest BCUT2D eigenvalue weighted by Crippen LogP contribution is -2.40. The van der Waals surface area contributed by atoms with Gasteiger partial charge in [-0.05, 0) is 57.0 Å². The Morgan fingerprint density at radius 2 is 1.60 bits per heavy atom. The van der Waals surface area contributed by atoms with Gasteiger partial charge in [-0.2, -0.15) is 0 Å². The van der Waals surface area contributed by atoms with Gasteiger partial charge in [0.15, 0.2) is 0 Å². The summed E-state index contributed by atoms with van der Waals surface area (Å²) in [6.07, 6.45) is 6.08. The number of carbonyl (C=O) groups is 1. The Labute approximate surface area is 125 Å². The van der Waals surface area contributed by atoms with Crippen molar-refractivity contribution in [3.05, 3.63) is 0 Å². The van der Waals surface area contributed by atoms with Crippen molar-refractivity contribution in [2.45, 2.75) is 59.8 Å². The van der Waals surface area contributed by atoms with Gasteiger partial charge in [0.1, 0.15) is 0 Å². The van der Waals surface area contributed by atoms with Crippen LogP contribution in [-0.4, -0.2) is 37.0 Å². The predicted octanol–water partition coefficient (Wildman–Crippen LogP) is 3.30. The lowest BCUT2D eigenvalue weighted by atomic mass is 9.97. The molecule has 0 aromatic rings. The molecule has 0 aromatic carbocycles. The van der Waals surface area contributed by atoms with Gasteiger partial charge >= 0.3 is 0 Å². The van der Waals surface area contributed by atoms with Crippen molar-refractivity contribution >= 4 is 5.91 Å². The fraction of sp³-hybridized carbons (Fsp3) is 0.941. The van der Waals surface area contributed by atoms with Crippen LogP contribution < -0.4 is 5.32 Å². The van der Waals surface area contributed by atoms with Crippen LogP contribution in [-0.2, 0) is 4.79 Å². The smallest absolute Gasteiger partial charge is 0.225 e. The van der Waals surface area contributed by atoms with E-state index in [2.05, 4.69) is 26.1 Å². The third kappa shape index (κ3) is 6.25. The van der Waals surface area contributed by atoms with Crippen LogP contribution in [0.1, 0.15) is 59.8 Å². The molecule has 2 fully saturated rings. The highest BCUT2D eigenvalue weighted by Gasteiger charge is 2.22. The molecule has 2 aliphatic heterocycles. The summed E-state index contributed by atoms with van der Waals surface area (Å²) in [6, 6.07) is 0.